The van der Waals surface area contributed by atoms with Crippen molar-refractivity contribution in [3.05, 3.63) is 23.5 Å². The molecule has 1 amide bonds. The Morgan fingerprint density at radius 3 is 2.45 bits per heavy atom. The topological polar surface area (TPSA) is 51.5 Å². The van der Waals surface area contributed by atoms with Crippen LogP contribution in [0.5, 0.6) is 0 Å². The second-order valence-electron chi connectivity index (χ2n) is 6.41. The molecule has 1 saturated carbocycles. The SMILES string of the molecule is Cc1ccc(C(=O)OCC(=O)N(C)C2CCC(C)CC2)n1C. The first-order valence-electron chi connectivity index (χ1n) is 7.95. The van der Waals surface area contributed by atoms with Gasteiger partial charge >= 0.3 is 5.97 Å². The zero-order valence-electron chi connectivity index (χ0n) is 14.0. The van der Waals surface area contributed by atoms with E-state index < -0.39 is 5.97 Å². The number of carbonyl (C=O) groups is 2. The molecule has 0 spiro atoms. The average Bonchev–Trinajstić information content (AvgIpc) is 2.84. The van der Waals surface area contributed by atoms with Gasteiger partial charge in [0.2, 0.25) is 0 Å². The molecule has 0 N–H and O–H groups in total. The zero-order chi connectivity index (χ0) is 16.3. The van der Waals surface area contributed by atoms with Crippen molar-refractivity contribution in [2.24, 2.45) is 13.0 Å². The summed E-state index contributed by atoms with van der Waals surface area (Å²) in [5.41, 5.74) is 1.45. The summed E-state index contributed by atoms with van der Waals surface area (Å²) in [6.07, 6.45) is 4.39. The van der Waals surface area contributed by atoms with Gasteiger partial charge in [0.25, 0.3) is 5.91 Å². The maximum Gasteiger partial charge on any atom is 0.355 e. The van der Waals surface area contributed by atoms with Crippen LogP contribution in [0, 0.1) is 12.8 Å². The summed E-state index contributed by atoms with van der Waals surface area (Å²) in [5.74, 6) is 0.173. The molecule has 1 fully saturated rings. The van der Waals surface area contributed by atoms with Crippen LogP contribution in [0.15, 0.2) is 12.1 Å². The fourth-order valence-corrected chi connectivity index (χ4v) is 2.95. The van der Waals surface area contributed by atoms with Crippen molar-refractivity contribution in [3.8, 4) is 0 Å². The number of carbonyl (C=O) groups excluding carboxylic acids is 2. The normalized spacial score (nSPS) is 21.5. The third kappa shape index (κ3) is 3.70. The summed E-state index contributed by atoms with van der Waals surface area (Å²) in [6, 6.07) is 3.85. The Hall–Kier alpha value is -1.78. The standard InChI is InChI=1S/C17H26N2O3/c1-12-5-8-14(9-6-12)19(4)16(20)11-22-17(21)15-10-7-13(2)18(15)3/h7,10,12,14H,5-6,8-9,11H2,1-4H3. The van der Waals surface area contributed by atoms with Gasteiger partial charge in [-0.3, -0.25) is 4.79 Å². The quantitative estimate of drug-likeness (QED) is 0.803. The lowest BCUT2D eigenvalue weighted by Gasteiger charge is -2.33. The Morgan fingerprint density at radius 1 is 1.27 bits per heavy atom. The fourth-order valence-electron chi connectivity index (χ4n) is 2.95. The van der Waals surface area contributed by atoms with E-state index in [4.69, 9.17) is 4.74 Å². The van der Waals surface area contributed by atoms with Crippen LogP contribution in [0.4, 0.5) is 0 Å². The van der Waals surface area contributed by atoms with Gasteiger partial charge in [0, 0.05) is 25.8 Å². The summed E-state index contributed by atoms with van der Waals surface area (Å²) in [4.78, 5) is 25.9. The van der Waals surface area contributed by atoms with Gasteiger partial charge in [-0.05, 0) is 50.7 Å². The van der Waals surface area contributed by atoms with Crippen LogP contribution >= 0.6 is 0 Å². The first-order chi connectivity index (χ1) is 10.4. The Bertz CT molecular complexity index is 542. The largest absolute Gasteiger partial charge is 0.451 e. The first kappa shape index (κ1) is 16.6. The number of hydrogen-bond donors (Lipinski definition) is 0. The number of amides is 1. The Morgan fingerprint density at radius 2 is 1.91 bits per heavy atom. The highest BCUT2D eigenvalue weighted by molar-refractivity contribution is 5.90. The Balaban J connectivity index is 1.84. The van der Waals surface area contributed by atoms with E-state index >= 15 is 0 Å². The van der Waals surface area contributed by atoms with Crippen molar-refractivity contribution in [2.75, 3.05) is 13.7 Å². The van der Waals surface area contributed by atoms with Gasteiger partial charge in [0.1, 0.15) is 5.69 Å². The highest BCUT2D eigenvalue weighted by atomic mass is 16.5. The van der Waals surface area contributed by atoms with Gasteiger partial charge in [-0.2, -0.15) is 0 Å². The summed E-state index contributed by atoms with van der Waals surface area (Å²) < 4.78 is 6.93. The van der Waals surface area contributed by atoms with Crippen molar-refractivity contribution in [1.29, 1.82) is 0 Å². The molecule has 0 atom stereocenters. The van der Waals surface area contributed by atoms with Crippen LogP contribution in [0.2, 0.25) is 0 Å². The highest BCUT2D eigenvalue weighted by Crippen LogP contribution is 2.26. The third-order valence-electron chi connectivity index (χ3n) is 4.84. The van der Waals surface area contributed by atoms with Crippen molar-refractivity contribution < 1.29 is 14.3 Å². The summed E-state index contributed by atoms with van der Waals surface area (Å²) in [6.45, 7) is 3.98. The lowest BCUT2D eigenvalue weighted by Crippen LogP contribution is -2.41. The molecule has 0 aromatic carbocycles. The van der Waals surface area contributed by atoms with Crippen LogP contribution in [0.1, 0.15) is 48.8 Å². The second-order valence-corrected chi connectivity index (χ2v) is 6.41. The Labute approximate surface area is 132 Å². The van der Waals surface area contributed by atoms with E-state index in [1.54, 1.807) is 15.5 Å². The van der Waals surface area contributed by atoms with Crippen molar-refractivity contribution >= 4 is 11.9 Å². The molecule has 0 radical (unpaired) electrons. The molecule has 122 valence electrons. The van der Waals surface area contributed by atoms with Gasteiger partial charge < -0.3 is 14.2 Å². The fraction of sp³-hybridized carbons (Fsp3) is 0.647. The van der Waals surface area contributed by atoms with E-state index in [1.165, 1.54) is 0 Å². The number of rotatable bonds is 4. The van der Waals surface area contributed by atoms with Gasteiger partial charge in [-0.15, -0.1) is 0 Å². The molecule has 5 nitrogen and oxygen atoms in total. The molecule has 1 aliphatic carbocycles. The zero-order valence-corrected chi connectivity index (χ0v) is 14.0. The average molecular weight is 306 g/mol. The predicted octanol–water partition coefficient (Wildman–Crippen LogP) is 2.53. The molecule has 22 heavy (non-hydrogen) atoms. The van der Waals surface area contributed by atoms with Gasteiger partial charge in [0.05, 0.1) is 0 Å². The van der Waals surface area contributed by atoms with Crippen molar-refractivity contribution in [3.63, 3.8) is 0 Å². The third-order valence-corrected chi connectivity index (χ3v) is 4.84. The van der Waals surface area contributed by atoms with Crippen LogP contribution in [0.25, 0.3) is 0 Å². The summed E-state index contributed by atoms with van der Waals surface area (Å²) >= 11 is 0. The van der Waals surface area contributed by atoms with Crippen LogP contribution in [-0.4, -0.2) is 41.0 Å². The van der Waals surface area contributed by atoms with E-state index in [1.807, 2.05) is 27.1 Å². The van der Waals surface area contributed by atoms with E-state index in [-0.39, 0.29) is 18.6 Å². The molecular formula is C17H26N2O3. The molecule has 1 aromatic rings. The number of nitrogens with zero attached hydrogens (tertiary/aromatic N) is 2. The monoisotopic (exact) mass is 306 g/mol. The second kappa shape index (κ2) is 6.99. The maximum atomic E-state index is 12.2. The van der Waals surface area contributed by atoms with Crippen LogP contribution < -0.4 is 0 Å². The number of hydrogen-bond acceptors (Lipinski definition) is 3. The maximum absolute atomic E-state index is 12.2. The summed E-state index contributed by atoms with van der Waals surface area (Å²) in [5, 5.41) is 0. The molecule has 0 bridgehead atoms. The van der Waals surface area contributed by atoms with E-state index in [9.17, 15) is 9.59 Å². The van der Waals surface area contributed by atoms with Gasteiger partial charge in [-0.25, -0.2) is 4.79 Å². The number of ether oxygens (including phenoxy) is 1. The molecule has 1 aromatic heterocycles. The highest BCUT2D eigenvalue weighted by Gasteiger charge is 2.25. The number of likely N-dealkylation sites (N-methyl/N-ethyl adjacent to an activating group) is 1. The number of aryl methyl sites for hydroxylation is 1. The van der Waals surface area contributed by atoms with Crippen molar-refractivity contribution in [2.45, 2.75) is 45.6 Å². The molecule has 0 saturated heterocycles. The molecule has 0 unspecified atom stereocenters. The first-order valence-corrected chi connectivity index (χ1v) is 7.95. The predicted molar refractivity (Wildman–Crippen MR) is 84.6 cm³/mol. The van der Waals surface area contributed by atoms with E-state index in [2.05, 4.69) is 6.92 Å². The van der Waals surface area contributed by atoms with Crippen LogP contribution in [0.3, 0.4) is 0 Å². The van der Waals surface area contributed by atoms with Crippen molar-refractivity contribution in [1.82, 2.24) is 9.47 Å². The minimum Gasteiger partial charge on any atom is -0.451 e. The molecule has 0 aliphatic heterocycles. The smallest absolute Gasteiger partial charge is 0.355 e. The van der Waals surface area contributed by atoms with E-state index in [0.29, 0.717) is 5.69 Å². The molecule has 2 rings (SSSR count). The molecular weight excluding hydrogens is 280 g/mol. The lowest BCUT2D eigenvalue weighted by atomic mass is 9.87. The molecule has 1 heterocycles. The summed E-state index contributed by atoms with van der Waals surface area (Å²) in [7, 11) is 3.62. The van der Waals surface area contributed by atoms with Crippen LogP contribution in [-0.2, 0) is 16.6 Å². The minimum absolute atomic E-state index is 0.126. The molecule has 5 heteroatoms. The van der Waals surface area contributed by atoms with Gasteiger partial charge in [0.15, 0.2) is 6.61 Å². The Kier molecular flexibility index (Phi) is 5.27. The van der Waals surface area contributed by atoms with E-state index in [0.717, 1.165) is 37.3 Å². The number of aromatic nitrogens is 1. The van der Waals surface area contributed by atoms with Gasteiger partial charge in [-0.1, -0.05) is 6.92 Å². The molecule has 1 aliphatic rings. The minimum atomic E-state index is -0.449. The number of esters is 1. The lowest BCUT2D eigenvalue weighted by molar-refractivity contribution is -0.136.